The van der Waals surface area contributed by atoms with Crippen molar-refractivity contribution in [1.82, 2.24) is 0 Å². The lowest BCUT2D eigenvalue weighted by atomic mass is 10.1. The first-order valence-electron chi connectivity index (χ1n) is 29.8. The molecule has 0 amide bonds. The van der Waals surface area contributed by atoms with Gasteiger partial charge in [0.15, 0.2) is 6.10 Å². The van der Waals surface area contributed by atoms with E-state index in [0.717, 1.165) is 103 Å². The van der Waals surface area contributed by atoms with Gasteiger partial charge in [0, 0.05) is 19.4 Å². The van der Waals surface area contributed by atoms with E-state index in [1.165, 1.54) is 141 Å². The monoisotopic (exact) mass is 973 g/mol. The van der Waals surface area contributed by atoms with E-state index in [-0.39, 0.29) is 25.2 Å². The van der Waals surface area contributed by atoms with Crippen LogP contribution in [0.15, 0.2) is 97.2 Å². The predicted molar refractivity (Wildman–Crippen MR) is 306 cm³/mol. The summed E-state index contributed by atoms with van der Waals surface area (Å²) >= 11 is 0. The second-order valence-electron chi connectivity index (χ2n) is 19.5. The van der Waals surface area contributed by atoms with E-state index in [0.29, 0.717) is 19.4 Å². The highest BCUT2D eigenvalue weighted by molar-refractivity contribution is 5.70. The summed E-state index contributed by atoms with van der Waals surface area (Å²) in [5, 5.41) is 0. The van der Waals surface area contributed by atoms with Crippen molar-refractivity contribution in [3.8, 4) is 0 Å². The molecule has 5 nitrogen and oxygen atoms in total. The van der Waals surface area contributed by atoms with Crippen molar-refractivity contribution in [2.45, 2.75) is 284 Å². The smallest absolute Gasteiger partial charge is 0.306 e. The number of hydrogen-bond donors (Lipinski definition) is 0. The number of allylic oxidation sites excluding steroid dienone is 16. The van der Waals surface area contributed by atoms with Crippen LogP contribution >= 0.6 is 0 Å². The van der Waals surface area contributed by atoms with Crippen LogP contribution in [-0.4, -0.2) is 37.9 Å². The van der Waals surface area contributed by atoms with Gasteiger partial charge in [0.2, 0.25) is 0 Å². The van der Waals surface area contributed by atoms with Gasteiger partial charge in [-0.25, -0.2) is 0 Å². The minimum atomic E-state index is -0.564. The summed E-state index contributed by atoms with van der Waals surface area (Å²) in [5.74, 6) is -0.447. The van der Waals surface area contributed by atoms with Gasteiger partial charge < -0.3 is 14.2 Å². The van der Waals surface area contributed by atoms with E-state index in [9.17, 15) is 9.59 Å². The van der Waals surface area contributed by atoms with Crippen LogP contribution in [0.25, 0.3) is 0 Å². The molecule has 0 fully saturated rings. The van der Waals surface area contributed by atoms with Gasteiger partial charge in [0.1, 0.15) is 6.61 Å². The molecule has 0 aliphatic rings. The van der Waals surface area contributed by atoms with Crippen molar-refractivity contribution in [2.24, 2.45) is 0 Å². The maximum absolute atomic E-state index is 12.9. The van der Waals surface area contributed by atoms with Gasteiger partial charge in [-0.3, -0.25) is 9.59 Å². The molecule has 0 aromatic carbocycles. The van der Waals surface area contributed by atoms with Gasteiger partial charge in [-0.15, -0.1) is 0 Å². The van der Waals surface area contributed by atoms with Crippen LogP contribution in [0.3, 0.4) is 0 Å². The largest absolute Gasteiger partial charge is 0.462 e. The minimum absolute atomic E-state index is 0.0583. The van der Waals surface area contributed by atoms with Gasteiger partial charge in [-0.1, -0.05) is 240 Å². The summed E-state index contributed by atoms with van der Waals surface area (Å²) in [5.41, 5.74) is 0. The Hall–Kier alpha value is -3.18. The SMILES string of the molecule is CC/C=C\C/C=C\C/C=C\C/C=C\C/C=C\CCCCCC(=O)OCC(COCCCCCCCCCCCC/C=C\CCCCCCCC)OC(=O)CCCCCCC/C=C\C/C=C\CCCCC. The molecule has 0 saturated carbocycles. The fourth-order valence-corrected chi connectivity index (χ4v) is 8.15. The first-order chi connectivity index (χ1) is 34.6. The summed E-state index contributed by atoms with van der Waals surface area (Å²) in [4.78, 5) is 25.5. The van der Waals surface area contributed by atoms with E-state index >= 15 is 0 Å². The average molecular weight is 974 g/mol. The number of carbonyl (C=O) groups excluding carboxylic acids is 2. The zero-order valence-corrected chi connectivity index (χ0v) is 46.3. The average Bonchev–Trinajstić information content (AvgIpc) is 3.36. The third kappa shape index (κ3) is 57.4. The van der Waals surface area contributed by atoms with Crippen LogP contribution in [0.5, 0.6) is 0 Å². The van der Waals surface area contributed by atoms with Crippen LogP contribution in [0.1, 0.15) is 278 Å². The number of rotatable bonds is 54. The second-order valence-corrected chi connectivity index (χ2v) is 19.5. The van der Waals surface area contributed by atoms with Crippen molar-refractivity contribution >= 4 is 11.9 Å². The Bertz CT molecular complexity index is 1330. The Kier molecular flexibility index (Phi) is 57.4. The minimum Gasteiger partial charge on any atom is -0.462 e. The molecule has 0 rings (SSSR count). The van der Waals surface area contributed by atoms with Gasteiger partial charge in [-0.05, 0) is 122 Å². The molecule has 0 heterocycles. The molecule has 0 aromatic heterocycles. The van der Waals surface area contributed by atoms with E-state index in [2.05, 4.69) is 118 Å². The molecule has 0 aliphatic heterocycles. The van der Waals surface area contributed by atoms with Gasteiger partial charge in [0.05, 0.1) is 6.61 Å². The van der Waals surface area contributed by atoms with E-state index in [1.807, 2.05) is 0 Å². The Morgan fingerprint density at radius 1 is 0.329 bits per heavy atom. The fourth-order valence-electron chi connectivity index (χ4n) is 8.15. The van der Waals surface area contributed by atoms with Gasteiger partial charge in [0.25, 0.3) is 0 Å². The van der Waals surface area contributed by atoms with Crippen molar-refractivity contribution in [2.75, 3.05) is 19.8 Å². The molecule has 0 N–H and O–H groups in total. The molecule has 0 radical (unpaired) electrons. The quantitative estimate of drug-likeness (QED) is 0.0345. The third-order valence-corrected chi connectivity index (χ3v) is 12.6. The molecule has 0 saturated heterocycles. The molecule has 0 bridgehead atoms. The number of hydrogen-bond acceptors (Lipinski definition) is 5. The predicted octanol–water partition coefficient (Wildman–Crippen LogP) is 20.6. The van der Waals surface area contributed by atoms with Crippen molar-refractivity contribution in [3.05, 3.63) is 97.2 Å². The topological polar surface area (TPSA) is 61.8 Å². The molecule has 402 valence electrons. The zero-order valence-electron chi connectivity index (χ0n) is 46.3. The maximum atomic E-state index is 12.9. The Morgan fingerprint density at radius 3 is 1.09 bits per heavy atom. The van der Waals surface area contributed by atoms with E-state index in [4.69, 9.17) is 14.2 Å². The molecule has 0 spiro atoms. The lowest BCUT2D eigenvalue weighted by Crippen LogP contribution is -2.30. The maximum Gasteiger partial charge on any atom is 0.306 e. The first kappa shape index (κ1) is 66.8. The molecule has 70 heavy (non-hydrogen) atoms. The van der Waals surface area contributed by atoms with E-state index < -0.39 is 6.10 Å². The molecular weight excluding hydrogens is 861 g/mol. The summed E-state index contributed by atoms with van der Waals surface area (Å²) in [6.07, 6.45) is 81.5. The molecule has 5 heteroatoms. The van der Waals surface area contributed by atoms with Crippen LogP contribution in [0, 0.1) is 0 Å². The normalized spacial score (nSPS) is 12.9. The highest BCUT2D eigenvalue weighted by Crippen LogP contribution is 2.14. The lowest BCUT2D eigenvalue weighted by Gasteiger charge is -2.18. The highest BCUT2D eigenvalue weighted by Gasteiger charge is 2.17. The summed E-state index contributed by atoms with van der Waals surface area (Å²) in [7, 11) is 0. The second kappa shape index (κ2) is 60.1. The molecule has 1 atom stereocenters. The van der Waals surface area contributed by atoms with Crippen molar-refractivity contribution in [1.29, 1.82) is 0 Å². The standard InChI is InChI=1S/C65H112O5/c1-4-7-10-13-16-19-22-25-28-30-32-34-36-39-42-45-48-51-54-57-60-68-61-63(70-65(67)59-56-53-50-47-44-41-37-27-24-21-18-15-12-9-6-3)62-69-64(66)58-55-52-49-46-43-40-38-35-33-31-29-26-23-20-17-14-11-8-5-2/h8,11,17-18,20-21,25-29,33,35,37,40,43,63H,4-7,9-10,12-16,19,22-24,30-32,34,36,38-39,41-42,44-62H2,1-3H3/b11-8-,20-17-,21-18-,28-25-,29-26-,35-33-,37-27-,43-40-. The summed E-state index contributed by atoms with van der Waals surface area (Å²) in [6.45, 7) is 7.65. The molecule has 0 aliphatic carbocycles. The third-order valence-electron chi connectivity index (χ3n) is 12.6. The van der Waals surface area contributed by atoms with E-state index in [1.54, 1.807) is 0 Å². The fraction of sp³-hybridized carbons (Fsp3) is 0.723. The molecular formula is C65H112O5. The molecule has 0 aromatic rings. The van der Waals surface area contributed by atoms with Crippen molar-refractivity contribution < 1.29 is 23.8 Å². The van der Waals surface area contributed by atoms with Crippen LogP contribution in [0.4, 0.5) is 0 Å². The number of esters is 2. The summed E-state index contributed by atoms with van der Waals surface area (Å²) in [6, 6.07) is 0. The highest BCUT2D eigenvalue weighted by atomic mass is 16.6. The van der Waals surface area contributed by atoms with Crippen LogP contribution in [-0.2, 0) is 23.8 Å². The lowest BCUT2D eigenvalue weighted by molar-refractivity contribution is -0.163. The molecule has 1 unspecified atom stereocenters. The number of ether oxygens (including phenoxy) is 3. The van der Waals surface area contributed by atoms with Crippen molar-refractivity contribution in [3.63, 3.8) is 0 Å². The van der Waals surface area contributed by atoms with Crippen LogP contribution < -0.4 is 0 Å². The first-order valence-corrected chi connectivity index (χ1v) is 29.8. The van der Waals surface area contributed by atoms with Gasteiger partial charge in [-0.2, -0.15) is 0 Å². The van der Waals surface area contributed by atoms with Gasteiger partial charge >= 0.3 is 11.9 Å². The zero-order chi connectivity index (χ0) is 50.6. The number of unbranched alkanes of at least 4 members (excludes halogenated alkanes) is 27. The number of carbonyl (C=O) groups is 2. The summed E-state index contributed by atoms with van der Waals surface area (Å²) < 4.78 is 17.5. The van der Waals surface area contributed by atoms with Crippen LogP contribution in [0.2, 0.25) is 0 Å². The Morgan fingerprint density at radius 2 is 0.643 bits per heavy atom. The Labute approximate surface area is 434 Å². The Balaban J connectivity index is 4.35.